The number of piperazine rings is 1. The van der Waals surface area contributed by atoms with Gasteiger partial charge in [-0.1, -0.05) is 0 Å². The summed E-state index contributed by atoms with van der Waals surface area (Å²) in [5, 5.41) is 0. The Balaban J connectivity index is 1.45. The first-order chi connectivity index (χ1) is 15.4. The van der Waals surface area contributed by atoms with E-state index < -0.39 is 10.0 Å². The molecule has 0 saturated carbocycles. The number of anilines is 1. The van der Waals surface area contributed by atoms with Gasteiger partial charge in [0.25, 0.3) is 0 Å². The highest BCUT2D eigenvalue weighted by Crippen LogP contribution is 2.34. The molecule has 2 aliphatic rings. The van der Waals surface area contributed by atoms with E-state index >= 15 is 0 Å². The number of ether oxygens (including phenoxy) is 1. The molecule has 0 radical (unpaired) electrons. The topological polar surface area (TPSA) is 96.7 Å². The van der Waals surface area contributed by atoms with Gasteiger partial charge in [0.05, 0.1) is 29.7 Å². The van der Waals surface area contributed by atoms with Crippen LogP contribution in [0.25, 0.3) is 16.2 Å². The van der Waals surface area contributed by atoms with Crippen LogP contribution in [0.3, 0.4) is 0 Å². The Kier molecular flexibility index (Phi) is 5.88. The third kappa shape index (κ3) is 4.37. The van der Waals surface area contributed by atoms with Crippen LogP contribution in [-0.2, 0) is 21.3 Å². The van der Waals surface area contributed by atoms with Crippen molar-refractivity contribution in [1.29, 1.82) is 0 Å². The molecular weight excluding hydrogens is 450 g/mol. The van der Waals surface area contributed by atoms with Crippen molar-refractivity contribution in [2.24, 2.45) is 0 Å². The first kappa shape index (κ1) is 21.7. The van der Waals surface area contributed by atoms with Crippen LogP contribution in [0.2, 0.25) is 0 Å². The minimum Gasteiger partial charge on any atom is -0.378 e. The van der Waals surface area contributed by atoms with E-state index in [2.05, 4.69) is 20.9 Å². The average molecular weight is 478 g/mol. The number of sulfonamides is 1. The summed E-state index contributed by atoms with van der Waals surface area (Å²) in [6.07, 6.45) is 4.92. The minimum atomic E-state index is -3.12. The molecule has 0 unspecified atom stereocenters. The molecule has 0 atom stereocenters. The van der Waals surface area contributed by atoms with Gasteiger partial charge in [-0.25, -0.2) is 18.4 Å². The molecule has 5 heterocycles. The second-order valence-corrected chi connectivity index (χ2v) is 11.3. The third-order valence-electron chi connectivity index (χ3n) is 5.92. The normalized spacial score (nSPS) is 19.1. The van der Waals surface area contributed by atoms with Gasteiger partial charge in [0.2, 0.25) is 16.0 Å². The van der Waals surface area contributed by atoms with Crippen LogP contribution in [0.15, 0.2) is 18.5 Å². The van der Waals surface area contributed by atoms with E-state index in [0.29, 0.717) is 32.3 Å². The Hall–Kier alpha value is -2.12. The number of aryl methyl sites for hydroxylation is 1. The van der Waals surface area contributed by atoms with E-state index in [0.717, 1.165) is 54.6 Å². The van der Waals surface area contributed by atoms with Crippen LogP contribution < -0.4 is 4.90 Å². The fourth-order valence-corrected chi connectivity index (χ4v) is 6.14. The summed E-state index contributed by atoms with van der Waals surface area (Å²) in [6, 6.07) is 2.14. The second kappa shape index (κ2) is 8.67. The highest BCUT2D eigenvalue weighted by Gasteiger charge is 2.25. The van der Waals surface area contributed by atoms with Gasteiger partial charge in [-0.2, -0.15) is 9.29 Å². The number of hydrogen-bond acceptors (Lipinski definition) is 9. The molecular formula is C20H27N7O3S2. The van der Waals surface area contributed by atoms with Gasteiger partial charge in [-0.15, -0.1) is 11.3 Å². The smallest absolute Gasteiger partial charge is 0.237 e. The average Bonchev–Trinajstić information content (AvgIpc) is 3.38. The molecule has 2 saturated heterocycles. The first-order valence-electron chi connectivity index (χ1n) is 10.7. The van der Waals surface area contributed by atoms with E-state index in [4.69, 9.17) is 14.7 Å². The molecule has 5 rings (SSSR count). The largest absolute Gasteiger partial charge is 0.378 e. The van der Waals surface area contributed by atoms with Crippen molar-refractivity contribution in [2.75, 3.05) is 63.6 Å². The Morgan fingerprint density at radius 2 is 1.84 bits per heavy atom. The molecule has 0 amide bonds. The molecule has 172 valence electrons. The predicted molar refractivity (Wildman–Crippen MR) is 124 cm³/mol. The molecule has 12 heteroatoms. The number of thiophene rings is 1. The molecule has 32 heavy (non-hydrogen) atoms. The lowest BCUT2D eigenvalue weighted by molar-refractivity contribution is 0.122. The maximum atomic E-state index is 11.8. The van der Waals surface area contributed by atoms with Crippen molar-refractivity contribution in [2.45, 2.75) is 13.5 Å². The number of nitrogens with zero attached hydrogens (tertiary/aromatic N) is 7. The minimum absolute atomic E-state index is 0.534. The van der Waals surface area contributed by atoms with Crippen LogP contribution >= 0.6 is 11.3 Å². The van der Waals surface area contributed by atoms with E-state index in [1.807, 2.05) is 17.7 Å². The van der Waals surface area contributed by atoms with Crippen LogP contribution in [0.1, 0.15) is 10.7 Å². The third-order valence-corrected chi connectivity index (χ3v) is 8.33. The van der Waals surface area contributed by atoms with Crippen LogP contribution in [0, 0.1) is 6.92 Å². The summed E-state index contributed by atoms with van der Waals surface area (Å²) < 4.78 is 33.7. The molecule has 3 aromatic heterocycles. The molecule has 0 aromatic carbocycles. The maximum Gasteiger partial charge on any atom is 0.237 e. The number of fused-ring (bicyclic) bond motifs is 1. The summed E-state index contributed by atoms with van der Waals surface area (Å²) in [4.78, 5) is 19.9. The standard InChI is InChI=1S/C20H27N7O3S2/c1-15-21-3-4-27(15)20-22-17-13-16(14-24-5-7-26(8-6-24)32(2,28)29)31-18(17)19(23-20)25-9-11-30-12-10-25/h3-4,13H,5-12,14H2,1-2H3. The number of rotatable bonds is 5. The Labute approximate surface area is 191 Å². The number of hydrogen-bond donors (Lipinski definition) is 0. The SMILES string of the molecule is Cc1nccn1-c1nc(N2CCOCC2)c2sc(CN3CCN(S(C)(=O)=O)CC3)cc2n1. The van der Waals surface area contributed by atoms with Gasteiger partial charge < -0.3 is 9.64 Å². The summed E-state index contributed by atoms with van der Waals surface area (Å²) in [7, 11) is -3.12. The van der Waals surface area contributed by atoms with Crippen molar-refractivity contribution >= 4 is 37.4 Å². The van der Waals surface area contributed by atoms with Gasteiger partial charge in [0, 0.05) is 63.1 Å². The Morgan fingerprint density at radius 3 is 2.50 bits per heavy atom. The number of aromatic nitrogens is 4. The molecule has 0 N–H and O–H groups in total. The molecule has 0 aliphatic carbocycles. The zero-order valence-corrected chi connectivity index (χ0v) is 19.9. The lowest BCUT2D eigenvalue weighted by Crippen LogP contribution is -2.47. The molecule has 2 aliphatic heterocycles. The van der Waals surface area contributed by atoms with E-state index in [1.54, 1.807) is 21.8 Å². The van der Waals surface area contributed by atoms with E-state index in [9.17, 15) is 8.42 Å². The van der Waals surface area contributed by atoms with E-state index in [-0.39, 0.29) is 0 Å². The first-order valence-corrected chi connectivity index (χ1v) is 13.4. The van der Waals surface area contributed by atoms with Gasteiger partial charge in [0.15, 0.2) is 5.82 Å². The fraction of sp³-hybridized carbons (Fsp3) is 0.550. The highest BCUT2D eigenvalue weighted by atomic mass is 32.2. The number of imidazole rings is 1. The number of morpholine rings is 1. The molecule has 0 spiro atoms. The second-order valence-electron chi connectivity index (χ2n) is 8.16. The molecule has 0 bridgehead atoms. The quantitative estimate of drug-likeness (QED) is 0.539. The predicted octanol–water partition coefficient (Wildman–Crippen LogP) is 1.10. The van der Waals surface area contributed by atoms with E-state index in [1.165, 1.54) is 11.1 Å². The van der Waals surface area contributed by atoms with Crippen LogP contribution in [0.4, 0.5) is 5.82 Å². The van der Waals surface area contributed by atoms with Crippen LogP contribution in [-0.4, -0.2) is 95.9 Å². The van der Waals surface area contributed by atoms with Gasteiger partial charge >= 0.3 is 0 Å². The van der Waals surface area contributed by atoms with Gasteiger partial charge in [-0.05, 0) is 13.0 Å². The molecule has 2 fully saturated rings. The Bertz CT molecular complexity index is 1210. The summed E-state index contributed by atoms with van der Waals surface area (Å²) in [6.45, 7) is 8.22. The Morgan fingerprint density at radius 1 is 1.09 bits per heavy atom. The molecule has 10 nitrogen and oxygen atoms in total. The lowest BCUT2D eigenvalue weighted by Gasteiger charge is -2.32. The van der Waals surface area contributed by atoms with Crippen molar-refractivity contribution < 1.29 is 13.2 Å². The maximum absolute atomic E-state index is 11.8. The van der Waals surface area contributed by atoms with Gasteiger partial charge in [0.1, 0.15) is 5.82 Å². The lowest BCUT2D eigenvalue weighted by atomic mass is 10.3. The summed E-state index contributed by atoms with van der Waals surface area (Å²) >= 11 is 1.72. The van der Waals surface area contributed by atoms with Crippen molar-refractivity contribution in [3.8, 4) is 5.95 Å². The van der Waals surface area contributed by atoms with Crippen molar-refractivity contribution in [3.63, 3.8) is 0 Å². The zero-order valence-electron chi connectivity index (χ0n) is 18.3. The van der Waals surface area contributed by atoms with Crippen molar-refractivity contribution in [3.05, 3.63) is 29.2 Å². The highest BCUT2D eigenvalue weighted by molar-refractivity contribution is 7.88. The summed E-state index contributed by atoms with van der Waals surface area (Å²) in [5.41, 5.74) is 0.930. The van der Waals surface area contributed by atoms with Crippen molar-refractivity contribution in [1.82, 2.24) is 28.7 Å². The van der Waals surface area contributed by atoms with Gasteiger partial charge in [-0.3, -0.25) is 9.47 Å². The zero-order chi connectivity index (χ0) is 22.3. The monoisotopic (exact) mass is 477 g/mol. The fourth-order valence-electron chi connectivity index (χ4n) is 4.16. The summed E-state index contributed by atoms with van der Waals surface area (Å²) in [5.74, 6) is 2.41. The molecule has 3 aromatic rings. The van der Waals surface area contributed by atoms with Crippen LogP contribution in [0.5, 0.6) is 0 Å².